The van der Waals surface area contributed by atoms with Gasteiger partial charge >= 0.3 is 11.9 Å². The molecule has 0 unspecified atom stereocenters. The zero-order valence-electron chi connectivity index (χ0n) is 15.5. The Hall–Kier alpha value is -3.73. The minimum atomic E-state index is -0.479. The van der Waals surface area contributed by atoms with E-state index in [0.29, 0.717) is 16.9 Å². The van der Waals surface area contributed by atoms with Crippen molar-refractivity contribution in [2.45, 2.75) is 13.8 Å². The highest BCUT2D eigenvalue weighted by molar-refractivity contribution is 6.11. The predicted molar refractivity (Wildman–Crippen MR) is 104 cm³/mol. The Labute approximate surface area is 162 Å². The molecule has 0 heterocycles. The fourth-order valence-electron chi connectivity index (χ4n) is 2.75. The Morgan fingerprint density at radius 2 is 1.18 bits per heavy atom. The molecule has 0 bridgehead atoms. The molecule has 0 aliphatic rings. The fourth-order valence-corrected chi connectivity index (χ4v) is 2.75. The van der Waals surface area contributed by atoms with Crippen molar-refractivity contribution in [2.24, 2.45) is 0 Å². The van der Waals surface area contributed by atoms with Crippen molar-refractivity contribution >= 4 is 17.7 Å². The highest BCUT2D eigenvalue weighted by Gasteiger charge is 2.15. The largest absolute Gasteiger partial charge is 0.427 e. The van der Waals surface area contributed by atoms with E-state index in [1.165, 1.54) is 13.8 Å². The van der Waals surface area contributed by atoms with Gasteiger partial charge in [-0.25, -0.2) is 0 Å². The van der Waals surface area contributed by atoms with Gasteiger partial charge in [-0.3, -0.25) is 14.4 Å². The third-order valence-corrected chi connectivity index (χ3v) is 3.98. The first-order valence-electron chi connectivity index (χ1n) is 8.65. The maximum atomic E-state index is 12.8. The first kappa shape index (κ1) is 19.0. The molecular formula is C23H18O5. The van der Waals surface area contributed by atoms with Crippen LogP contribution >= 0.6 is 0 Å². The number of benzene rings is 3. The van der Waals surface area contributed by atoms with E-state index < -0.39 is 5.97 Å². The van der Waals surface area contributed by atoms with Gasteiger partial charge in [0.25, 0.3) is 0 Å². The molecule has 0 saturated carbocycles. The Kier molecular flexibility index (Phi) is 5.65. The van der Waals surface area contributed by atoms with Gasteiger partial charge in [-0.15, -0.1) is 0 Å². The normalized spacial score (nSPS) is 10.2. The number of para-hydroxylation sites is 1. The molecule has 3 rings (SSSR count). The molecule has 0 radical (unpaired) electrons. The molecular weight excluding hydrogens is 356 g/mol. The summed E-state index contributed by atoms with van der Waals surface area (Å²) in [6, 6.07) is 20.9. The summed E-state index contributed by atoms with van der Waals surface area (Å²) in [4.78, 5) is 35.0. The van der Waals surface area contributed by atoms with Crippen molar-refractivity contribution in [3.8, 4) is 22.6 Å². The van der Waals surface area contributed by atoms with Crippen LogP contribution in [0.25, 0.3) is 11.1 Å². The van der Waals surface area contributed by atoms with E-state index in [1.807, 2.05) is 24.3 Å². The molecule has 0 spiro atoms. The molecule has 0 saturated heterocycles. The van der Waals surface area contributed by atoms with Gasteiger partial charge in [-0.05, 0) is 35.4 Å². The van der Waals surface area contributed by atoms with Crippen LogP contribution in [-0.4, -0.2) is 17.7 Å². The van der Waals surface area contributed by atoms with Crippen molar-refractivity contribution in [1.29, 1.82) is 0 Å². The van der Waals surface area contributed by atoms with Crippen molar-refractivity contribution in [1.82, 2.24) is 0 Å². The highest BCUT2D eigenvalue weighted by Crippen LogP contribution is 2.25. The van der Waals surface area contributed by atoms with Gasteiger partial charge in [0.2, 0.25) is 0 Å². The van der Waals surface area contributed by atoms with Crippen LogP contribution in [0.15, 0.2) is 72.8 Å². The van der Waals surface area contributed by atoms with Gasteiger partial charge in [-0.1, -0.05) is 48.5 Å². The van der Waals surface area contributed by atoms with Gasteiger partial charge in [0.05, 0.1) is 5.56 Å². The van der Waals surface area contributed by atoms with Crippen LogP contribution in [0.3, 0.4) is 0 Å². The van der Waals surface area contributed by atoms with Crippen molar-refractivity contribution < 1.29 is 23.9 Å². The number of carbonyl (C=O) groups is 3. The molecule has 0 aliphatic heterocycles. The second-order valence-electron chi connectivity index (χ2n) is 6.11. The number of rotatable bonds is 5. The third kappa shape index (κ3) is 4.51. The summed E-state index contributed by atoms with van der Waals surface area (Å²) in [5.41, 5.74) is 2.66. The van der Waals surface area contributed by atoms with E-state index in [0.717, 1.165) is 11.1 Å². The first-order chi connectivity index (χ1) is 13.4. The lowest BCUT2D eigenvalue weighted by atomic mass is 9.99. The van der Waals surface area contributed by atoms with Gasteiger partial charge in [0.15, 0.2) is 5.78 Å². The second kappa shape index (κ2) is 8.31. The second-order valence-corrected chi connectivity index (χ2v) is 6.11. The summed E-state index contributed by atoms with van der Waals surface area (Å²) in [6.07, 6.45) is 0. The number of esters is 2. The van der Waals surface area contributed by atoms with Crippen molar-refractivity contribution in [2.75, 3.05) is 0 Å². The molecule has 3 aromatic carbocycles. The molecule has 0 fully saturated rings. The molecule has 5 heteroatoms. The maximum absolute atomic E-state index is 12.8. The van der Waals surface area contributed by atoms with E-state index in [1.54, 1.807) is 48.5 Å². The topological polar surface area (TPSA) is 69.7 Å². The molecule has 3 aromatic rings. The lowest BCUT2D eigenvalue weighted by Gasteiger charge is -2.09. The smallest absolute Gasteiger partial charge is 0.308 e. The zero-order chi connectivity index (χ0) is 20.1. The predicted octanol–water partition coefficient (Wildman–Crippen LogP) is 4.44. The molecule has 5 nitrogen and oxygen atoms in total. The zero-order valence-corrected chi connectivity index (χ0v) is 15.5. The van der Waals surface area contributed by atoms with Crippen molar-refractivity contribution in [3.63, 3.8) is 0 Å². The van der Waals surface area contributed by atoms with E-state index in [-0.39, 0.29) is 17.5 Å². The van der Waals surface area contributed by atoms with Crippen molar-refractivity contribution in [3.05, 3.63) is 83.9 Å². The minimum Gasteiger partial charge on any atom is -0.427 e. The lowest BCUT2D eigenvalue weighted by molar-refractivity contribution is -0.132. The lowest BCUT2D eigenvalue weighted by Crippen LogP contribution is -2.08. The number of hydrogen-bond donors (Lipinski definition) is 0. The third-order valence-electron chi connectivity index (χ3n) is 3.98. The maximum Gasteiger partial charge on any atom is 0.308 e. The molecule has 28 heavy (non-hydrogen) atoms. The Morgan fingerprint density at radius 3 is 1.75 bits per heavy atom. The van der Waals surface area contributed by atoms with Crippen LogP contribution in [0.2, 0.25) is 0 Å². The number of ether oxygens (including phenoxy) is 2. The fraction of sp³-hybridized carbons (Fsp3) is 0.0870. The van der Waals surface area contributed by atoms with E-state index >= 15 is 0 Å². The van der Waals surface area contributed by atoms with Crippen LogP contribution < -0.4 is 9.47 Å². The van der Waals surface area contributed by atoms with E-state index in [4.69, 9.17) is 9.47 Å². The molecule has 0 N–H and O–H groups in total. The summed E-state index contributed by atoms with van der Waals surface area (Å²) >= 11 is 0. The van der Waals surface area contributed by atoms with Crippen LogP contribution in [0.4, 0.5) is 0 Å². The van der Waals surface area contributed by atoms with Crippen LogP contribution in [0, 0.1) is 0 Å². The Morgan fingerprint density at radius 1 is 0.643 bits per heavy atom. The van der Waals surface area contributed by atoms with Gasteiger partial charge in [0, 0.05) is 19.4 Å². The highest BCUT2D eigenvalue weighted by atomic mass is 16.5. The summed E-state index contributed by atoms with van der Waals surface area (Å²) in [5, 5.41) is 0. The van der Waals surface area contributed by atoms with Crippen LogP contribution in [0.1, 0.15) is 29.8 Å². The molecule has 0 amide bonds. The molecule has 0 aromatic heterocycles. The standard InChI is InChI=1S/C23H18O5/c1-15(24)27-20-13-11-18(12-14-20)17-7-9-19(10-8-17)23(26)21-5-3-4-6-22(21)28-16(2)25/h3-14H,1-2H3. The SMILES string of the molecule is CC(=O)Oc1ccc(-c2ccc(C(=O)c3ccccc3OC(C)=O)cc2)cc1. The van der Waals surface area contributed by atoms with E-state index in [9.17, 15) is 14.4 Å². The van der Waals surface area contributed by atoms with Gasteiger partial charge in [0.1, 0.15) is 11.5 Å². The quantitative estimate of drug-likeness (QED) is 0.375. The summed E-state index contributed by atoms with van der Waals surface area (Å²) < 4.78 is 10.1. The number of hydrogen-bond acceptors (Lipinski definition) is 5. The summed E-state index contributed by atoms with van der Waals surface area (Å²) in [5.74, 6) is -0.360. The Balaban J connectivity index is 1.82. The number of carbonyl (C=O) groups excluding carboxylic acids is 3. The average Bonchev–Trinajstić information content (AvgIpc) is 2.68. The first-order valence-corrected chi connectivity index (χ1v) is 8.65. The summed E-state index contributed by atoms with van der Waals surface area (Å²) in [7, 11) is 0. The average molecular weight is 374 g/mol. The molecule has 0 aliphatic carbocycles. The molecule has 0 atom stereocenters. The number of ketones is 1. The monoisotopic (exact) mass is 374 g/mol. The van der Waals surface area contributed by atoms with Gasteiger partial charge in [-0.2, -0.15) is 0 Å². The Bertz CT molecular complexity index is 1020. The van der Waals surface area contributed by atoms with Crippen LogP contribution in [0.5, 0.6) is 11.5 Å². The van der Waals surface area contributed by atoms with E-state index in [2.05, 4.69) is 0 Å². The summed E-state index contributed by atoms with van der Waals surface area (Å²) in [6.45, 7) is 2.64. The van der Waals surface area contributed by atoms with Crippen LogP contribution in [-0.2, 0) is 9.59 Å². The molecule has 140 valence electrons. The minimum absolute atomic E-state index is 0.228. The van der Waals surface area contributed by atoms with Gasteiger partial charge < -0.3 is 9.47 Å².